The molecule has 4 heteroatoms. The number of β-amino-alcohol motifs (C(OH)–C–C–N with tert-alkyl or cyclic N) is 1. The van der Waals surface area contributed by atoms with E-state index in [2.05, 4.69) is 9.88 Å². The van der Waals surface area contributed by atoms with Gasteiger partial charge in [0.25, 0.3) is 0 Å². The number of nitrogens with two attached hydrogens (primary N) is 1. The first-order chi connectivity index (χ1) is 7.18. The van der Waals surface area contributed by atoms with E-state index >= 15 is 0 Å². The van der Waals surface area contributed by atoms with Crippen LogP contribution < -0.4 is 10.6 Å². The third-order valence-corrected chi connectivity index (χ3v) is 2.77. The minimum absolute atomic E-state index is 0.0218. The quantitative estimate of drug-likeness (QED) is 0.748. The molecule has 1 fully saturated rings. The smallest absolute Gasteiger partial charge is 0.133 e. The number of anilines is 1. The number of aliphatic hydroxyl groups is 1. The second-order valence-corrected chi connectivity index (χ2v) is 4.09. The maximum absolute atomic E-state index is 9.49. The summed E-state index contributed by atoms with van der Waals surface area (Å²) in [6.07, 6.45) is 2.36. The van der Waals surface area contributed by atoms with Gasteiger partial charge in [-0.25, -0.2) is 4.98 Å². The Morgan fingerprint density at radius 2 is 2.47 bits per heavy atom. The zero-order valence-corrected chi connectivity index (χ0v) is 8.93. The Hall–Kier alpha value is -1.13. The Balaban J connectivity index is 2.27. The summed E-state index contributed by atoms with van der Waals surface area (Å²) in [6.45, 7) is 3.47. The Morgan fingerprint density at radius 3 is 3.07 bits per heavy atom. The third kappa shape index (κ3) is 2.11. The van der Waals surface area contributed by atoms with Crippen molar-refractivity contribution >= 4 is 5.82 Å². The van der Waals surface area contributed by atoms with Gasteiger partial charge in [-0.1, -0.05) is 6.07 Å². The van der Waals surface area contributed by atoms with Crippen molar-refractivity contribution in [2.45, 2.75) is 25.5 Å². The highest BCUT2D eigenvalue weighted by Gasteiger charge is 2.23. The summed E-state index contributed by atoms with van der Waals surface area (Å²) in [6, 6.07) is 3.87. The van der Waals surface area contributed by atoms with Crippen molar-refractivity contribution in [3.63, 3.8) is 0 Å². The number of aliphatic hydroxyl groups excluding tert-OH is 1. The van der Waals surface area contributed by atoms with Crippen LogP contribution in [-0.4, -0.2) is 29.3 Å². The molecule has 0 aliphatic carbocycles. The highest BCUT2D eigenvalue weighted by molar-refractivity contribution is 5.49. The third-order valence-electron chi connectivity index (χ3n) is 2.77. The van der Waals surface area contributed by atoms with Crippen molar-refractivity contribution in [1.82, 2.24) is 4.98 Å². The summed E-state index contributed by atoms with van der Waals surface area (Å²) in [4.78, 5) is 6.45. The van der Waals surface area contributed by atoms with Gasteiger partial charge < -0.3 is 15.7 Å². The molecule has 2 heterocycles. The fourth-order valence-corrected chi connectivity index (χ4v) is 1.96. The average molecular weight is 207 g/mol. The van der Waals surface area contributed by atoms with Crippen LogP contribution in [0, 0.1) is 0 Å². The van der Waals surface area contributed by atoms with Crippen LogP contribution in [0.15, 0.2) is 18.3 Å². The highest BCUT2D eigenvalue weighted by Crippen LogP contribution is 2.25. The zero-order valence-electron chi connectivity index (χ0n) is 8.93. The van der Waals surface area contributed by atoms with Crippen LogP contribution in [0.1, 0.15) is 24.9 Å². The number of rotatable bonds is 2. The number of hydrogen-bond donors (Lipinski definition) is 2. The number of nitrogens with zero attached hydrogens (tertiary/aromatic N) is 2. The van der Waals surface area contributed by atoms with E-state index in [4.69, 9.17) is 5.73 Å². The lowest BCUT2D eigenvalue weighted by Gasteiger charge is -2.21. The second-order valence-electron chi connectivity index (χ2n) is 4.09. The fraction of sp³-hybridized carbons (Fsp3) is 0.545. The summed E-state index contributed by atoms with van der Waals surface area (Å²) >= 11 is 0. The fourth-order valence-electron chi connectivity index (χ4n) is 1.96. The standard InChI is InChI=1S/C11H17N3O/c1-8(12)10-3-2-5-13-11(10)14-6-4-9(15)7-14/h2-3,5,8-9,15H,4,6-7,12H2,1H3/t8-,9?/m1/s1. The largest absolute Gasteiger partial charge is 0.391 e. The van der Waals surface area contributed by atoms with Crippen LogP contribution in [-0.2, 0) is 0 Å². The molecule has 0 amide bonds. The molecule has 0 radical (unpaired) electrons. The summed E-state index contributed by atoms with van der Waals surface area (Å²) < 4.78 is 0. The van der Waals surface area contributed by atoms with E-state index in [0.717, 1.165) is 24.3 Å². The van der Waals surface area contributed by atoms with Gasteiger partial charge >= 0.3 is 0 Å². The van der Waals surface area contributed by atoms with Crippen molar-refractivity contribution in [3.05, 3.63) is 23.9 Å². The van der Waals surface area contributed by atoms with E-state index in [1.54, 1.807) is 6.20 Å². The van der Waals surface area contributed by atoms with Crippen molar-refractivity contribution in [2.24, 2.45) is 5.73 Å². The minimum atomic E-state index is -0.229. The molecule has 2 rings (SSSR count). The molecule has 1 aliphatic heterocycles. The van der Waals surface area contributed by atoms with E-state index in [0.29, 0.717) is 6.54 Å². The number of hydrogen-bond acceptors (Lipinski definition) is 4. The lowest BCUT2D eigenvalue weighted by Crippen LogP contribution is -2.24. The van der Waals surface area contributed by atoms with Crippen LogP contribution in [0.2, 0.25) is 0 Å². The van der Waals surface area contributed by atoms with Crippen molar-refractivity contribution in [2.75, 3.05) is 18.0 Å². The predicted molar refractivity (Wildman–Crippen MR) is 59.7 cm³/mol. The Bertz CT molecular complexity index is 340. The minimum Gasteiger partial charge on any atom is -0.391 e. The van der Waals surface area contributed by atoms with Crippen molar-refractivity contribution < 1.29 is 5.11 Å². The summed E-state index contributed by atoms with van der Waals surface area (Å²) in [5.74, 6) is 0.920. The van der Waals surface area contributed by atoms with Crippen LogP contribution in [0.25, 0.3) is 0 Å². The molecule has 1 aromatic heterocycles. The first-order valence-corrected chi connectivity index (χ1v) is 5.32. The number of aromatic nitrogens is 1. The first kappa shape index (κ1) is 10.4. The van der Waals surface area contributed by atoms with Gasteiger partial charge in [-0.3, -0.25) is 0 Å². The predicted octanol–water partition coefficient (Wildman–Crippen LogP) is 0.672. The molecular weight excluding hydrogens is 190 g/mol. The van der Waals surface area contributed by atoms with Crippen LogP contribution in [0.5, 0.6) is 0 Å². The van der Waals surface area contributed by atoms with E-state index in [9.17, 15) is 5.11 Å². The van der Waals surface area contributed by atoms with Gasteiger partial charge in [-0.05, 0) is 19.4 Å². The van der Waals surface area contributed by atoms with Crippen molar-refractivity contribution in [1.29, 1.82) is 0 Å². The molecule has 0 aromatic carbocycles. The molecule has 15 heavy (non-hydrogen) atoms. The molecule has 1 aliphatic rings. The lowest BCUT2D eigenvalue weighted by molar-refractivity contribution is 0.198. The maximum Gasteiger partial charge on any atom is 0.133 e. The summed E-state index contributed by atoms with van der Waals surface area (Å²) in [5.41, 5.74) is 6.94. The molecule has 3 N–H and O–H groups in total. The Labute approximate surface area is 89.7 Å². The topological polar surface area (TPSA) is 62.4 Å². The van der Waals surface area contributed by atoms with Crippen molar-refractivity contribution in [3.8, 4) is 0 Å². The zero-order chi connectivity index (χ0) is 10.8. The van der Waals surface area contributed by atoms with Gasteiger partial charge in [0.05, 0.1) is 6.10 Å². The van der Waals surface area contributed by atoms with E-state index in [1.165, 1.54) is 0 Å². The van der Waals surface area contributed by atoms with Crippen LogP contribution >= 0.6 is 0 Å². The maximum atomic E-state index is 9.49. The molecule has 82 valence electrons. The molecular formula is C11H17N3O. The van der Waals surface area contributed by atoms with E-state index in [-0.39, 0.29) is 12.1 Å². The van der Waals surface area contributed by atoms with Gasteiger partial charge in [0.1, 0.15) is 5.82 Å². The van der Waals surface area contributed by atoms with Gasteiger partial charge in [-0.15, -0.1) is 0 Å². The van der Waals surface area contributed by atoms with Gasteiger partial charge in [0.2, 0.25) is 0 Å². The Kier molecular flexibility index (Phi) is 2.88. The number of pyridine rings is 1. The molecule has 1 unspecified atom stereocenters. The molecule has 1 saturated heterocycles. The first-order valence-electron chi connectivity index (χ1n) is 5.32. The van der Waals surface area contributed by atoms with Gasteiger partial charge in [0, 0.05) is 30.9 Å². The normalized spacial score (nSPS) is 23.1. The van der Waals surface area contributed by atoms with E-state index in [1.807, 2.05) is 19.1 Å². The highest BCUT2D eigenvalue weighted by atomic mass is 16.3. The SMILES string of the molecule is C[C@@H](N)c1cccnc1N1CCC(O)C1. The molecule has 4 nitrogen and oxygen atoms in total. The summed E-state index contributed by atoms with van der Waals surface area (Å²) in [5, 5.41) is 9.49. The average Bonchev–Trinajstić information content (AvgIpc) is 2.65. The molecule has 2 atom stereocenters. The molecule has 1 aromatic rings. The van der Waals surface area contributed by atoms with Crippen LogP contribution in [0.4, 0.5) is 5.82 Å². The molecule has 0 saturated carbocycles. The molecule has 0 spiro atoms. The Morgan fingerprint density at radius 1 is 1.67 bits per heavy atom. The second kappa shape index (κ2) is 4.16. The van der Waals surface area contributed by atoms with Gasteiger partial charge in [-0.2, -0.15) is 0 Å². The van der Waals surface area contributed by atoms with E-state index < -0.39 is 0 Å². The van der Waals surface area contributed by atoms with Gasteiger partial charge in [0.15, 0.2) is 0 Å². The summed E-state index contributed by atoms with van der Waals surface area (Å²) in [7, 11) is 0. The molecule has 0 bridgehead atoms. The van der Waals surface area contributed by atoms with Crippen LogP contribution in [0.3, 0.4) is 0 Å². The lowest BCUT2D eigenvalue weighted by atomic mass is 10.1. The monoisotopic (exact) mass is 207 g/mol.